The van der Waals surface area contributed by atoms with E-state index in [0.29, 0.717) is 5.11 Å². The molecule has 0 fully saturated rings. The Kier molecular flexibility index (Phi) is 6.24. The number of nitrogens with one attached hydrogen (secondary N) is 2. The summed E-state index contributed by atoms with van der Waals surface area (Å²) in [5.74, 6) is 1.57. The van der Waals surface area contributed by atoms with Gasteiger partial charge < -0.3 is 20.1 Å². The Labute approximate surface area is 150 Å². The van der Waals surface area contributed by atoms with E-state index in [1.54, 1.807) is 14.2 Å². The molecule has 0 aliphatic rings. The average Bonchev–Trinajstić information content (AvgIpc) is 2.54. The summed E-state index contributed by atoms with van der Waals surface area (Å²) < 4.78 is 11.7. The molecule has 0 heterocycles. The van der Waals surface area contributed by atoms with Crippen LogP contribution in [0.1, 0.15) is 18.5 Å². The fourth-order valence-corrected chi connectivity index (χ4v) is 2.88. The molecule has 4 nitrogen and oxygen atoms in total. The van der Waals surface area contributed by atoms with Gasteiger partial charge in [-0.25, -0.2) is 0 Å². The molecule has 6 heteroatoms. The second-order valence-corrected chi connectivity index (χ2v) is 6.26. The fourth-order valence-electron chi connectivity index (χ4n) is 2.19. The van der Waals surface area contributed by atoms with Crippen molar-refractivity contribution in [1.29, 1.82) is 0 Å². The van der Waals surface area contributed by atoms with Crippen molar-refractivity contribution >= 4 is 38.9 Å². The van der Waals surface area contributed by atoms with Gasteiger partial charge in [0.25, 0.3) is 0 Å². The number of methoxy groups -OCH3 is 2. The van der Waals surface area contributed by atoms with Crippen LogP contribution in [0.2, 0.25) is 0 Å². The van der Waals surface area contributed by atoms with E-state index in [1.807, 2.05) is 49.4 Å². The van der Waals surface area contributed by atoms with Gasteiger partial charge in [-0.2, -0.15) is 0 Å². The maximum Gasteiger partial charge on any atom is 0.171 e. The standard InChI is InChI=1S/C17H19BrN2O2S/c1-11(15-10-14(21-2)7-8-16(15)22-3)19-17(23)20-13-6-4-5-12(18)9-13/h4-11H,1-3H3,(H2,19,20,23)/t11-/m0/s1. The van der Waals surface area contributed by atoms with Crippen LogP contribution in [0.5, 0.6) is 11.5 Å². The number of halogens is 1. The average molecular weight is 395 g/mol. The molecule has 0 aliphatic carbocycles. The molecule has 122 valence electrons. The quantitative estimate of drug-likeness (QED) is 0.729. The molecule has 0 amide bonds. The highest BCUT2D eigenvalue weighted by molar-refractivity contribution is 9.10. The smallest absolute Gasteiger partial charge is 0.171 e. The predicted molar refractivity (Wildman–Crippen MR) is 101 cm³/mol. The van der Waals surface area contributed by atoms with Crippen LogP contribution in [-0.4, -0.2) is 19.3 Å². The van der Waals surface area contributed by atoms with Crippen LogP contribution >= 0.6 is 28.1 Å². The summed E-state index contributed by atoms with van der Waals surface area (Å²) in [4.78, 5) is 0. The highest BCUT2D eigenvalue weighted by Crippen LogP contribution is 2.29. The van der Waals surface area contributed by atoms with E-state index in [9.17, 15) is 0 Å². The first-order chi connectivity index (χ1) is 11.0. The minimum atomic E-state index is -0.0350. The van der Waals surface area contributed by atoms with Gasteiger partial charge >= 0.3 is 0 Å². The first-order valence-corrected chi connectivity index (χ1v) is 8.28. The Morgan fingerprint density at radius 1 is 1.13 bits per heavy atom. The van der Waals surface area contributed by atoms with Gasteiger partial charge in [-0.15, -0.1) is 0 Å². The van der Waals surface area contributed by atoms with Crippen molar-refractivity contribution in [2.45, 2.75) is 13.0 Å². The highest BCUT2D eigenvalue weighted by atomic mass is 79.9. The molecule has 0 radical (unpaired) electrons. The van der Waals surface area contributed by atoms with Gasteiger partial charge in [0.2, 0.25) is 0 Å². The summed E-state index contributed by atoms with van der Waals surface area (Å²) in [5, 5.41) is 6.97. The Morgan fingerprint density at radius 2 is 1.91 bits per heavy atom. The molecule has 2 aromatic carbocycles. The maximum absolute atomic E-state index is 5.42. The van der Waals surface area contributed by atoms with Crippen LogP contribution < -0.4 is 20.1 Å². The molecule has 0 saturated heterocycles. The lowest BCUT2D eigenvalue weighted by molar-refractivity contribution is 0.395. The predicted octanol–water partition coefficient (Wildman–Crippen LogP) is 4.51. The Hall–Kier alpha value is -1.79. The molecule has 2 N–H and O–H groups in total. The number of benzene rings is 2. The summed E-state index contributed by atoms with van der Waals surface area (Å²) in [7, 11) is 3.29. The van der Waals surface area contributed by atoms with E-state index in [4.69, 9.17) is 21.7 Å². The SMILES string of the molecule is COc1ccc(OC)c([C@H](C)NC(=S)Nc2cccc(Br)c2)c1. The van der Waals surface area contributed by atoms with Gasteiger partial charge in [0.05, 0.1) is 20.3 Å². The van der Waals surface area contributed by atoms with Crippen LogP contribution in [-0.2, 0) is 0 Å². The zero-order chi connectivity index (χ0) is 16.8. The number of anilines is 1. The van der Waals surface area contributed by atoms with Gasteiger partial charge in [0.1, 0.15) is 11.5 Å². The van der Waals surface area contributed by atoms with Crippen molar-refractivity contribution in [3.05, 3.63) is 52.5 Å². The molecular weight excluding hydrogens is 376 g/mol. The number of rotatable bonds is 5. The maximum atomic E-state index is 5.42. The molecule has 0 spiro atoms. The van der Waals surface area contributed by atoms with E-state index >= 15 is 0 Å². The van der Waals surface area contributed by atoms with Crippen LogP contribution in [0.15, 0.2) is 46.9 Å². The zero-order valence-electron chi connectivity index (χ0n) is 13.2. The molecule has 0 bridgehead atoms. The molecule has 0 saturated carbocycles. The van der Waals surface area contributed by atoms with Crippen molar-refractivity contribution in [2.24, 2.45) is 0 Å². The van der Waals surface area contributed by atoms with Crippen molar-refractivity contribution in [1.82, 2.24) is 5.32 Å². The first-order valence-electron chi connectivity index (χ1n) is 7.08. The number of hydrogen-bond acceptors (Lipinski definition) is 3. The van der Waals surface area contributed by atoms with E-state index in [1.165, 1.54) is 0 Å². The minimum absolute atomic E-state index is 0.0350. The van der Waals surface area contributed by atoms with E-state index in [0.717, 1.165) is 27.2 Å². The molecule has 0 aliphatic heterocycles. The fraction of sp³-hybridized carbons (Fsp3) is 0.235. The van der Waals surface area contributed by atoms with Gasteiger partial charge in [0.15, 0.2) is 5.11 Å². The lowest BCUT2D eigenvalue weighted by Gasteiger charge is -2.20. The second-order valence-electron chi connectivity index (χ2n) is 4.94. The van der Waals surface area contributed by atoms with E-state index in [2.05, 4.69) is 26.6 Å². The second kappa shape index (κ2) is 8.17. The van der Waals surface area contributed by atoms with Gasteiger partial charge in [-0.3, -0.25) is 0 Å². The van der Waals surface area contributed by atoms with Crippen molar-refractivity contribution in [2.75, 3.05) is 19.5 Å². The van der Waals surface area contributed by atoms with Crippen molar-refractivity contribution in [3.63, 3.8) is 0 Å². The van der Waals surface area contributed by atoms with Gasteiger partial charge in [0, 0.05) is 15.7 Å². The monoisotopic (exact) mass is 394 g/mol. The minimum Gasteiger partial charge on any atom is -0.497 e. The van der Waals surface area contributed by atoms with Crippen molar-refractivity contribution < 1.29 is 9.47 Å². The third-order valence-electron chi connectivity index (χ3n) is 3.33. The summed E-state index contributed by atoms with van der Waals surface area (Å²) >= 11 is 8.83. The van der Waals surface area contributed by atoms with Crippen molar-refractivity contribution in [3.8, 4) is 11.5 Å². The van der Waals surface area contributed by atoms with Crippen LogP contribution in [0.4, 0.5) is 5.69 Å². The van der Waals surface area contributed by atoms with Crippen LogP contribution in [0, 0.1) is 0 Å². The summed E-state index contributed by atoms with van der Waals surface area (Å²) in [6.07, 6.45) is 0. The molecule has 0 aromatic heterocycles. The van der Waals surface area contributed by atoms with E-state index < -0.39 is 0 Å². The topological polar surface area (TPSA) is 42.5 Å². The molecule has 23 heavy (non-hydrogen) atoms. The van der Waals surface area contributed by atoms with Gasteiger partial charge in [-0.05, 0) is 55.5 Å². The third kappa shape index (κ3) is 4.84. The molecule has 2 aromatic rings. The summed E-state index contributed by atoms with van der Waals surface area (Å²) in [6.45, 7) is 2.02. The molecule has 1 atom stereocenters. The molecule has 0 unspecified atom stereocenters. The van der Waals surface area contributed by atoms with Gasteiger partial charge in [-0.1, -0.05) is 22.0 Å². The zero-order valence-corrected chi connectivity index (χ0v) is 15.6. The molecular formula is C17H19BrN2O2S. The summed E-state index contributed by atoms with van der Waals surface area (Å²) in [5.41, 5.74) is 1.90. The Balaban J connectivity index is 2.09. The normalized spacial score (nSPS) is 11.5. The number of thiocarbonyl (C=S) groups is 1. The van der Waals surface area contributed by atoms with E-state index in [-0.39, 0.29) is 6.04 Å². The third-order valence-corrected chi connectivity index (χ3v) is 4.05. The van der Waals surface area contributed by atoms with Crippen LogP contribution in [0.3, 0.4) is 0 Å². The van der Waals surface area contributed by atoms with Crippen LogP contribution in [0.25, 0.3) is 0 Å². The molecule has 2 rings (SSSR count). The summed E-state index contributed by atoms with van der Waals surface area (Å²) in [6, 6.07) is 13.5. The largest absolute Gasteiger partial charge is 0.497 e. The number of hydrogen-bond donors (Lipinski definition) is 2. The highest BCUT2D eigenvalue weighted by Gasteiger charge is 2.14. The number of ether oxygens (including phenoxy) is 2. The Morgan fingerprint density at radius 3 is 2.57 bits per heavy atom. The lowest BCUT2D eigenvalue weighted by atomic mass is 10.1. The lowest BCUT2D eigenvalue weighted by Crippen LogP contribution is -2.31. The Bertz CT molecular complexity index is 694. The first kappa shape index (κ1) is 17.6.